The summed E-state index contributed by atoms with van der Waals surface area (Å²) in [6.07, 6.45) is -4.68. The number of amides is 2. The van der Waals surface area contributed by atoms with Gasteiger partial charge in [-0.1, -0.05) is 6.07 Å². The van der Waals surface area contributed by atoms with Crippen molar-refractivity contribution in [3.8, 4) is 0 Å². The Hall–Kier alpha value is -2.52. The summed E-state index contributed by atoms with van der Waals surface area (Å²) in [6, 6.07) is 4.03. The summed E-state index contributed by atoms with van der Waals surface area (Å²) in [6.45, 7) is -1.20. The molecule has 2 heterocycles. The summed E-state index contributed by atoms with van der Waals surface area (Å²) in [5.74, 6) is -4.58. The number of carboxylic acid groups (broad SMARTS) is 1. The van der Waals surface area contributed by atoms with Gasteiger partial charge in [0.15, 0.2) is 0 Å². The maximum atomic E-state index is 12.9. The summed E-state index contributed by atoms with van der Waals surface area (Å²) in [7, 11) is 3.50. The minimum absolute atomic E-state index is 0.175. The Morgan fingerprint density at radius 2 is 2.00 bits per heavy atom. The molecule has 2 rings (SSSR count). The fraction of sp³-hybridized carbons (Fsp3) is 0.500. The van der Waals surface area contributed by atoms with E-state index in [0.29, 0.717) is 5.82 Å². The van der Waals surface area contributed by atoms with E-state index in [-0.39, 0.29) is 5.82 Å². The Morgan fingerprint density at radius 3 is 2.50 bits per heavy atom. The fourth-order valence-electron chi connectivity index (χ4n) is 2.48. The number of hydrogen-bond donors (Lipinski definition) is 2. The minimum Gasteiger partial charge on any atom is -0.481 e. The lowest BCUT2D eigenvalue weighted by Crippen LogP contribution is -2.35. The second-order valence-corrected chi connectivity index (χ2v) is 5.70. The maximum Gasteiger partial charge on any atom is 0.394 e. The van der Waals surface area contributed by atoms with Crippen LogP contribution in [0.3, 0.4) is 0 Å². The van der Waals surface area contributed by atoms with Crippen molar-refractivity contribution < 1.29 is 27.9 Å². The van der Waals surface area contributed by atoms with E-state index in [1.54, 1.807) is 31.1 Å². The second-order valence-electron chi connectivity index (χ2n) is 5.70. The number of aliphatic carboxylic acids is 1. The SMILES string of the molecule is CN(C)c1cccc(NC(=O)N2C[C@@H](C(F)(F)F)[C@H](C(=O)O)C2)n1. The van der Waals surface area contributed by atoms with Gasteiger partial charge in [0.05, 0.1) is 11.8 Å². The molecule has 0 aliphatic carbocycles. The summed E-state index contributed by atoms with van der Waals surface area (Å²) < 4.78 is 38.8. The molecule has 1 fully saturated rings. The number of pyridine rings is 1. The zero-order valence-corrected chi connectivity index (χ0v) is 13.0. The largest absolute Gasteiger partial charge is 0.481 e. The quantitative estimate of drug-likeness (QED) is 0.873. The zero-order chi connectivity index (χ0) is 18.1. The number of carboxylic acids is 1. The number of likely N-dealkylation sites (tertiary alicyclic amines) is 1. The van der Waals surface area contributed by atoms with E-state index in [0.717, 1.165) is 4.90 Å². The Balaban J connectivity index is 2.11. The number of anilines is 2. The van der Waals surface area contributed by atoms with Crippen LogP contribution in [0.5, 0.6) is 0 Å². The summed E-state index contributed by atoms with van der Waals surface area (Å²) >= 11 is 0. The summed E-state index contributed by atoms with van der Waals surface area (Å²) in [5.41, 5.74) is 0. The molecule has 0 spiro atoms. The molecular formula is C14H17F3N4O3. The summed E-state index contributed by atoms with van der Waals surface area (Å²) in [4.78, 5) is 29.8. The second kappa shape index (κ2) is 6.54. The normalized spacial score (nSPS) is 20.8. The van der Waals surface area contributed by atoms with Crippen molar-refractivity contribution in [1.29, 1.82) is 0 Å². The topological polar surface area (TPSA) is 85.8 Å². The van der Waals surface area contributed by atoms with Crippen molar-refractivity contribution in [2.24, 2.45) is 11.8 Å². The third-order valence-corrected chi connectivity index (χ3v) is 3.77. The average molecular weight is 346 g/mol. The number of carbonyl (C=O) groups is 2. The molecule has 2 atom stereocenters. The van der Waals surface area contributed by atoms with Gasteiger partial charge in [-0.3, -0.25) is 10.1 Å². The Bertz CT molecular complexity index is 636. The Kier molecular flexibility index (Phi) is 4.86. The molecule has 2 amide bonds. The number of hydrogen-bond acceptors (Lipinski definition) is 4. The van der Waals surface area contributed by atoms with E-state index in [1.165, 1.54) is 6.07 Å². The van der Waals surface area contributed by atoms with Crippen LogP contribution in [0.25, 0.3) is 0 Å². The summed E-state index contributed by atoms with van der Waals surface area (Å²) in [5, 5.41) is 11.4. The molecule has 1 aliphatic heterocycles. The highest BCUT2D eigenvalue weighted by molar-refractivity contribution is 5.89. The van der Waals surface area contributed by atoms with Gasteiger partial charge < -0.3 is 14.9 Å². The molecular weight excluding hydrogens is 329 g/mol. The van der Waals surface area contributed by atoms with E-state index in [2.05, 4.69) is 10.3 Å². The van der Waals surface area contributed by atoms with Crippen molar-refractivity contribution in [3.05, 3.63) is 18.2 Å². The van der Waals surface area contributed by atoms with Gasteiger partial charge in [-0.2, -0.15) is 13.2 Å². The predicted molar refractivity (Wildman–Crippen MR) is 79.8 cm³/mol. The van der Waals surface area contributed by atoms with Crippen molar-refractivity contribution >= 4 is 23.6 Å². The number of urea groups is 1. The number of halogens is 3. The molecule has 132 valence electrons. The van der Waals surface area contributed by atoms with Gasteiger partial charge in [0.25, 0.3) is 0 Å². The number of nitrogens with zero attached hydrogens (tertiary/aromatic N) is 3. The minimum atomic E-state index is -4.68. The van der Waals surface area contributed by atoms with Crippen LogP contribution in [0.4, 0.5) is 29.6 Å². The predicted octanol–water partition coefficient (Wildman–Crippen LogP) is 1.87. The van der Waals surface area contributed by atoms with Crippen LogP contribution < -0.4 is 10.2 Å². The molecule has 0 aromatic carbocycles. The van der Waals surface area contributed by atoms with Crippen LogP contribution in [0.15, 0.2) is 18.2 Å². The third-order valence-electron chi connectivity index (χ3n) is 3.77. The van der Waals surface area contributed by atoms with Gasteiger partial charge >= 0.3 is 18.2 Å². The highest BCUT2D eigenvalue weighted by Crippen LogP contribution is 2.37. The van der Waals surface area contributed by atoms with E-state index in [9.17, 15) is 22.8 Å². The lowest BCUT2D eigenvalue weighted by atomic mass is 9.96. The monoisotopic (exact) mass is 346 g/mol. The molecule has 10 heteroatoms. The highest BCUT2D eigenvalue weighted by atomic mass is 19.4. The van der Waals surface area contributed by atoms with Crippen LogP contribution in [-0.2, 0) is 4.79 Å². The number of nitrogens with one attached hydrogen (secondary N) is 1. The van der Waals surface area contributed by atoms with E-state index < -0.39 is 43.1 Å². The molecule has 1 aromatic heterocycles. The molecule has 0 bridgehead atoms. The third kappa shape index (κ3) is 3.87. The number of aromatic nitrogens is 1. The van der Waals surface area contributed by atoms with Crippen molar-refractivity contribution in [1.82, 2.24) is 9.88 Å². The first-order chi connectivity index (χ1) is 11.1. The van der Waals surface area contributed by atoms with E-state index >= 15 is 0 Å². The molecule has 0 radical (unpaired) electrons. The smallest absolute Gasteiger partial charge is 0.394 e. The lowest BCUT2D eigenvalue weighted by molar-refractivity contribution is -0.187. The van der Waals surface area contributed by atoms with Crippen LogP contribution in [-0.4, -0.2) is 60.4 Å². The molecule has 1 saturated heterocycles. The molecule has 1 aliphatic rings. The van der Waals surface area contributed by atoms with Crippen LogP contribution in [0.1, 0.15) is 0 Å². The first-order valence-corrected chi connectivity index (χ1v) is 7.09. The van der Waals surface area contributed by atoms with Gasteiger partial charge in [0.2, 0.25) is 0 Å². The molecule has 7 nitrogen and oxygen atoms in total. The first kappa shape index (κ1) is 17.8. The Morgan fingerprint density at radius 1 is 1.33 bits per heavy atom. The van der Waals surface area contributed by atoms with Crippen LogP contribution in [0, 0.1) is 11.8 Å². The van der Waals surface area contributed by atoms with Crippen LogP contribution >= 0.6 is 0 Å². The molecule has 0 unspecified atom stereocenters. The maximum absolute atomic E-state index is 12.9. The average Bonchev–Trinajstić information content (AvgIpc) is 2.93. The zero-order valence-electron chi connectivity index (χ0n) is 13.0. The number of carbonyl (C=O) groups excluding carboxylic acids is 1. The van der Waals surface area contributed by atoms with Gasteiger partial charge in [0, 0.05) is 27.2 Å². The number of rotatable bonds is 3. The molecule has 0 saturated carbocycles. The van der Waals surface area contributed by atoms with Gasteiger partial charge in [-0.15, -0.1) is 0 Å². The van der Waals surface area contributed by atoms with Gasteiger partial charge in [-0.05, 0) is 12.1 Å². The van der Waals surface area contributed by atoms with E-state index in [4.69, 9.17) is 5.11 Å². The highest BCUT2D eigenvalue weighted by Gasteiger charge is 2.53. The molecule has 1 aromatic rings. The standard InChI is InChI=1S/C14H17F3N4O3/c1-20(2)11-5-3-4-10(18-11)19-13(24)21-6-8(12(22)23)9(7-21)14(15,16)17/h3-5,8-9H,6-7H2,1-2H3,(H,22,23)(H,18,19,24)/t8-,9-/m1/s1. The molecule has 2 N–H and O–H groups in total. The van der Waals surface area contributed by atoms with Crippen LogP contribution in [0.2, 0.25) is 0 Å². The van der Waals surface area contributed by atoms with Gasteiger partial charge in [-0.25, -0.2) is 9.78 Å². The van der Waals surface area contributed by atoms with E-state index in [1.807, 2.05) is 0 Å². The Labute approximate surface area is 136 Å². The fourth-order valence-corrected chi connectivity index (χ4v) is 2.48. The lowest BCUT2D eigenvalue weighted by Gasteiger charge is -2.19. The number of alkyl halides is 3. The first-order valence-electron chi connectivity index (χ1n) is 7.09. The van der Waals surface area contributed by atoms with Gasteiger partial charge in [0.1, 0.15) is 11.6 Å². The van der Waals surface area contributed by atoms with Crippen molar-refractivity contribution in [2.45, 2.75) is 6.18 Å². The molecule has 24 heavy (non-hydrogen) atoms. The van der Waals surface area contributed by atoms with Crippen molar-refractivity contribution in [2.75, 3.05) is 37.4 Å². The van der Waals surface area contributed by atoms with Crippen molar-refractivity contribution in [3.63, 3.8) is 0 Å².